The van der Waals surface area contributed by atoms with E-state index in [4.69, 9.17) is 9.47 Å². The van der Waals surface area contributed by atoms with Gasteiger partial charge >= 0.3 is 6.03 Å². The van der Waals surface area contributed by atoms with Crippen molar-refractivity contribution in [1.29, 1.82) is 0 Å². The van der Waals surface area contributed by atoms with Crippen molar-refractivity contribution < 1.29 is 14.3 Å². The van der Waals surface area contributed by atoms with Crippen molar-refractivity contribution >= 4 is 23.1 Å². The maximum atomic E-state index is 13.0. The monoisotopic (exact) mass is 433 g/mol. The number of urea groups is 1. The molecule has 166 valence electrons. The molecule has 2 rings (SSSR count). The standard InChI is InChI=1S/C23H35N3O3S/c1-4-25(5-2)12-13-26(18-22-11-8-16-30-22)23(27)24-21-10-7-9-20(17-21)19-29-15-14-28-6-3/h7-11,16-17H,4-6,12-15,18-19H2,1-3H3,(H,24,27). The fourth-order valence-corrected chi connectivity index (χ4v) is 3.76. The largest absolute Gasteiger partial charge is 0.379 e. The number of hydrogen-bond donors (Lipinski definition) is 1. The normalized spacial score (nSPS) is 11.1. The predicted molar refractivity (Wildman–Crippen MR) is 124 cm³/mol. The van der Waals surface area contributed by atoms with E-state index in [-0.39, 0.29) is 6.03 Å². The first-order valence-corrected chi connectivity index (χ1v) is 11.6. The average Bonchev–Trinajstić information content (AvgIpc) is 3.27. The summed E-state index contributed by atoms with van der Waals surface area (Å²) in [6.45, 7) is 12.7. The molecule has 0 spiro atoms. The molecule has 0 unspecified atom stereocenters. The molecule has 6 nitrogen and oxygen atoms in total. The third kappa shape index (κ3) is 8.83. The predicted octanol–water partition coefficient (Wildman–Crippen LogP) is 4.68. The number of carbonyl (C=O) groups is 1. The lowest BCUT2D eigenvalue weighted by Crippen LogP contribution is -2.40. The minimum Gasteiger partial charge on any atom is -0.379 e. The average molecular weight is 434 g/mol. The number of nitrogens with one attached hydrogen (secondary N) is 1. The third-order valence-corrected chi connectivity index (χ3v) is 5.68. The molecule has 0 saturated heterocycles. The van der Waals surface area contributed by atoms with Gasteiger partial charge in [-0.3, -0.25) is 0 Å². The molecule has 0 atom stereocenters. The van der Waals surface area contributed by atoms with Crippen LogP contribution < -0.4 is 5.32 Å². The molecule has 0 saturated carbocycles. The van der Waals surface area contributed by atoms with Gasteiger partial charge in [-0.05, 0) is 49.2 Å². The molecule has 2 amide bonds. The van der Waals surface area contributed by atoms with Crippen LogP contribution in [0.3, 0.4) is 0 Å². The van der Waals surface area contributed by atoms with Gasteiger partial charge in [0.15, 0.2) is 0 Å². The maximum Gasteiger partial charge on any atom is 0.322 e. The molecule has 1 aromatic heterocycles. The number of thiophene rings is 1. The topological polar surface area (TPSA) is 54.0 Å². The van der Waals surface area contributed by atoms with Crippen LogP contribution in [0.2, 0.25) is 0 Å². The molecule has 0 bridgehead atoms. The van der Waals surface area contributed by atoms with Gasteiger partial charge in [-0.15, -0.1) is 11.3 Å². The number of benzene rings is 1. The highest BCUT2D eigenvalue weighted by Crippen LogP contribution is 2.16. The minimum atomic E-state index is -0.0787. The number of amides is 2. The van der Waals surface area contributed by atoms with Crippen LogP contribution in [0.5, 0.6) is 0 Å². The van der Waals surface area contributed by atoms with Gasteiger partial charge in [0.25, 0.3) is 0 Å². The number of nitrogens with zero attached hydrogens (tertiary/aromatic N) is 2. The molecule has 0 aliphatic carbocycles. The van der Waals surface area contributed by atoms with E-state index in [1.807, 2.05) is 47.5 Å². The van der Waals surface area contributed by atoms with E-state index in [2.05, 4.69) is 30.1 Å². The minimum absolute atomic E-state index is 0.0787. The van der Waals surface area contributed by atoms with E-state index in [1.54, 1.807) is 11.3 Å². The van der Waals surface area contributed by atoms with Crippen LogP contribution in [0.25, 0.3) is 0 Å². The van der Waals surface area contributed by atoms with Crippen LogP contribution in [-0.2, 0) is 22.6 Å². The summed E-state index contributed by atoms with van der Waals surface area (Å²) in [5.74, 6) is 0. The lowest BCUT2D eigenvalue weighted by atomic mass is 10.2. The van der Waals surface area contributed by atoms with Crippen LogP contribution in [-0.4, -0.2) is 61.8 Å². The van der Waals surface area contributed by atoms with Crippen LogP contribution in [0, 0.1) is 0 Å². The number of hydrogen-bond acceptors (Lipinski definition) is 5. The Morgan fingerprint density at radius 3 is 2.53 bits per heavy atom. The summed E-state index contributed by atoms with van der Waals surface area (Å²) in [5.41, 5.74) is 1.81. The van der Waals surface area contributed by atoms with Crippen LogP contribution in [0.4, 0.5) is 10.5 Å². The Labute approximate surface area is 184 Å². The summed E-state index contributed by atoms with van der Waals surface area (Å²) in [6.07, 6.45) is 0. The third-order valence-electron chi connectivity index (χ3n) is 4.82. The first-order valence-electron chi connectivity index (χ1n) is 10.7. The number of likely N-dealkylation sites (N-methyl/N-ethyl adjacent to an activating group) is 1. The summed E-state index contributed by atoms with van der Waals surface area (Å²) in [6, 6.07) is 11.8. The van der Waals surface area contributed by atoms with Crippen molar-refractivity contribution in [2.24, 2.45) is 0 Å². The summed E-state index contributed by atoms with van der Waals surface area (Å²) in [7, 11) is 0. The van der Waals surface area contributed by atoms with Crippen molar-refractivity contribution in [2.45, 2.75) is 33.9 Å². The fraction of sp³-hybridized carbons (Fsp3) is 0.522. The Morgan fingerprint density at radius 2 is 1.83 bits per heavy atom. The van der Waals surface area contributed by atoms with E-state index < -0.39 is 0 Å². The molecular weight excluding hydrogens is 398 g/mol. The Bertz CT molecular complexity index is 720. The maximum absolute atomic E-state index is 13.0. The van der Waals surface area contributed by atoms with Crippen molar-refractivity contribution in [2.75, 3.05) is 51.3 Å². The summed E-state index contributed by atoms with van der Waals surface area (Å²) in [4.78, 5) is 18.4. The number of anilines is 1. The van der Waals surface area contributed by atoms with E-state index in [9.17, 15) is 4.79 Å². The van der Waals surface area contributed by atoms with E-state index >= 15 is 0 Å². The van der Waals surface area contributed by atoms with E-state index in [0.29, 0.717) is 39.5 Å². The van der Waals surface area contributed by atoms with E-state index in [1.165, 1.54) is 4.88 Å². The molecule has 0 aliphatic heterocycles. The molecule has 1 heterocycles. The second-order valence-corrected chi connectivity index (χ2v) is 7.94. The molecule has 0 radical (unpaired) electrons. The molecule has 1 aromatic carbocycles. The molecule has 2 aromatic rings. The fourth-order valence-electron chi connectivity index (χ4n) is 3.04. The highest BCUT2D eigenvalue weighted by Gasteiger charge is 2.16. The van der Waals surface area contributed by atoms with Gasteiger partial charge in [0, 0.05) is 30.3 Å². The van der Waals surface area contributed by atoms with Gasteiger partial charge in [0.05, 0.1) is 26.4 Å². The van der Waals surface area contributed by atoms with Gasteiger partial charge in [-0.25, -0.2) is 4.79 Å². The highest BCUT2D eigenvalue weighted by atomic mass is 32.1. The number of rotatable bonds is 14. The van der Waals surface area contributed by atoms with Gasteiger partial charge < -0.3 is 24.6 Å². The van der Waals surface area contributed by atoms with Gasteiger partial charge in [0.1, 0.15) is 0 Å². The molecule has 0 fully saturated rings. The molecular formula is C23H35N3O3S. The van der Waals surface area contributed by atoms with Crippen molar-refractivity contribution in [3.05, 3.63) is 52.2 Å². The molecule has 7 heteroatoms. The summed E-state index contributed by atoms with van der Waals surface area (Å²) in [5, 5.41) is 5.10. The summed E-state index contributed by atoms with van der Waals surface area (Å²) < 4.78 is 10.9. The number of ether oxygens (including phenoxy) is 2. The van der Waals surface area contributed by atoms with Crippen molar-refractivity contribution in [3.63, 3.8) is 0 Å². The second-order valence-electron chi connectivity index (χ2n) is 6.91. The smallest absolute Gasteiger partial charge is 0.322 e. The zero-order chi connectivity index (χ0) is 21.6. The Hall–Kier alpha value is -1.93. The van der Waals surface area contributed by atoms with Gasteiger partial charge in [-0.1, -0.05) is 32.0 Å². The van der Waals surface area contributed by atoms with Gasteiger partial charge in [0.2, 0.25) is 0 Å². The Morgan fingerprint density at radius 1 is 1.03 bits per heavy atom. The molecule has 30 heavy (non-hydrogen) atoms. The SMILES string of the molecule is CCOCCOCc1cccc(NC(=O)N(CCN(CC)CC)Cc2cccs2)c1. The molecule has 0 aliphatic rings. The Balaban J connectivity index is 1.95. The van der Waals surface area contributed by atoms with Gasteiger partial charge in [-0.2, -0.15) is 0 Å². The van der Waals surface area contributed by atoms with Crippen LogP contribution in [0.1, 0.15) is 31.2 Å². The zero-order valence-corrected chi connectivity index (χ0v) is 19.2. The first kappa shape index (κ1) is 24.3. The quantitative estimate of drug-likeness (QED) is 0.440. The zero-order valence-electron chi connectivity index (χ0n) is 18.4. The van der Waals surface area contributed by atoms with Crippen LogP contribution >= 0.6 is 11.3 Å². The van der Waals surface area contributed by atoms with E-state index in [0.717, 1.165) is 30.9 Å². The van der Waals surface area contributed by atoms with Crippen molar-refractivity contribution in [3.8, 4) is 0 Å². The lowest BCUT2D eigenvalue weighted by molar-refractivity contribution is 0.0453. The first-order chi connectivity index (χ1) is 14.7. The lowest BCUT2D eigenvalue weighted by Gasteiger charge is -2.26. The second kappa shape index (κ2) is 14.1. The van der Waals surface area contributed by atoms with Crippen molar-refractivity contribution in [1.82, 2.24) is 9.80 Å². The highest BCUT2D eigenvalue weighted by molar-refractivity contribution is 7.09. The molecule has 1 N–H and O–H groups in total. The summed E-state index contributed by atoms with van der Waals surface area (Å²) >= 11 is 1.68. The van der Waals surface area contributed by atoms with Crippen LogP contribution in [0.15, 0.2) is 41.8 Å². The Kier molecular flexibility index (Phi) is 11.5. The number of carbonyl (C=O) groups excluding carboxylic acids is 1.